The van der Waals surface area contributed by atoms with Crippen molar-refractivity contribution in [1.29, 1.82) is 0 Å². The van der Waals surface area contributed by atoms with Crippen molar-refractivity contribution in [1.82, 2.24) is 10.2 Å². The van der Waals surface area contributed by atoms with Gasteiger partial charge in [-0.25, -0.2) is 4.39 Å². The van der Waals surface area contributed by atoms with E-state index in [-0.39, 0.29) is 29.9 Å². The molecule has 0 aliphatic rings. The standard InChI is InChI=1S/C25H33FN2O2S/c1-5-23(25(30)27-14-18(2)3)28(15-20-9-11-22(26)12-10-20)24(29)17-31-16-21-8-6-7-19(4)13-21/h6-13,18,23H,5,14-17H2,1-4H3,(H,27,30)/t23-/m0/s1. The van der Waals surface area contributed by atoms with E-state index in [1.54, 1.807) is 17.0 Å². The second-order valence-electron chi connectivity index (χ2n) is 8.19. The van der Waals surface area contributed by atoms with Gasteiger partial charge in [0.25, 0.3) is 0 Å². The highest BCUT2D eigenvalue weighted by molar-refractivity contribution is 7.99. The lowest BCUT2D eigenvalue weighted by atomic mass is 10.1. The lowest BCUT2D eigenvalue weighted by Crippen LogP contribution is -2.50. The number of amides is 2. The van der Waals surface area contributed by atoms with Crippen molar-refractivity contribution in [2.24, 2.45) is 5.92 Å². The Hall–Kier alpha value is -2.34. The highest BCUT2D eigenvalue weighted by Gasteiger charge is 2.28. The molecule has 0 spiro atoms. The summed E-state index contributed by atoms with van der Waals surface area (Å²) in [6, 6.07) is 13.7. The number of nitrogens with one attached hydrogen (secondary N) is 1. The van der Waals surface area contributed by atoms with Crippen LogP contribution in [0.4, 0.5) is 4.39 Å². The summed E-state index contributed by atoms with van der Waals surface area (Å²) in [5, 5.41) is 2.95. The summed E-state index contributed by atoms with van der Waals surface area (Å²) in [6.07, 6.45) is 0.513. The van der Waals surface area contributed by atoms with Gasteiger partial charge in [-0.15, -0.1) is 11.8 Å². The van der Waals surface area contributed by atoms with Gasteiger partial charge in [0, 0.05) is 18.8 Å². The first-order chi connectivity index (χ1) is 14.8. The van der Waals surface area contributed by atoms with E-state index in [0.717, 1.165) is 11.3 Å². The summed E-state index contributed by atoms with van der Waals surface area (Å²) in [5.74, 6) is 0.783. The largest absolute Gasteiger partial charge is 0.354 e. The Labute approximate surface area is 189 Å². The molecule has 0 fully saturated rings. The lowest BCUT2D eigenvalue weighted by Gasteiger charge is -2.31. The number of halogens is 1. The molecule has 2 amide bonds. The molecule has 0 bridgehead atoms. The molecule has 0 radical (unpaired) electrons. The first-order valence-electron chi connectivity index (χ1n) is 10.7. The first kappa shape index (κ1) is 24.9. The molecule has 2 rings (SSSR count). The molecular weight excluding hydrogens is 411 g/mol. The summed E-state index contributed by atoms with van der Waals surface area (Å²) in [4.78, 5) is 27.6. The molecule has 0 saturated carbocycles. The van der Waals surface area contributed by atoms with E-state index in [4.69, 9.17) is 0 Å². The number of rotatable bonds is 11. The van der Waals surface area contributed by atoms with Gasteiger partial charge in [0.1, 0.15) is 11.9 Å². The molecule has 6 heteroatoms. The summed E-state index contributed by atoms with van der Waals surface area (Å²) < 4.78 is 13.3. The maximum Gasteiger partial charge on any atom is 0.242 e. The van der Waals surface area contributed by atoms with Crippen LogP contribution in [0.5, 0.6) is 0 Å². The SMILES string of the molecule is CC[C@@H](C(=O)NCC(C)C)N(Cc1ccc(F)cc1)C(=O)CSCc1cccc(C)c1. The zero-order valence-corrected chi connectivity index (χ0v) is 19.7. The number of aryl methyl sites for hydroxylation is 1. The van der Waals surface area contributed by atoms with Crippen molar-refractivity contribution in [3.63, 3.8) is 0 Å². The van der Waals surface area contributed by atoms with Crippen molar-refractivity contribution in [3.8, 4) is 0 Å². The fraction of sp³-hybridized carbons (Fsp3) is 0.440. The molecule has 4 nitrogen and oxygen atoms in total. The van der Waals surface area contributed by atoms with Crippen LogP contribution in [0, 0.1) is 18.7 Å². The first-order valence-corrected chi connectivity index (χ1v) is 11.9. The zero-order valence-electron chi connectivity index (χ0n) is 18.9. The smallest absolute Gasteiger partial charge is 0.242 e. The lowest BCUT2D eigenvalue weighted by molar-refractivity contribution is -0.139. The predicted molar refractivity (Wildman–Crippen MR) is 126 cm³/mol. The Morgan fingerprint density at radius 1 is 1.10 bits per heavy atom. The van der Waals surface area contributed by atoms with Crippen molar-refractivity contribution in [3.05, 3.63) is 71.0 Å². The van der Waals surface area contributed by atoms with Gasteiger partial charge in [0.2, 0.25) is 11.8 Å². The molecular formula is C25H33FN2O2S. The topological polar surface area (TPSA) is 49.4 Å². The number of hydrogen-bond donors (Lipinski definition) is 1. The molecule has 1 atom stereocenters. The maximum absolute atomic E-state index is 13.3. The minimum atomic E-state index is -0.559. The number of benzene rings is 2. The molecule has 2 aromatic carbocycles. The van der Waals surface area contributed by atoms with E-state index < -0.39 is 6.04 Å². The number of carbonyl (C=O) groups is 2. The maximum atomic E-state index is 13.3. The summed E-state index contributed by atoms with van der Waals surface area (Å²) in [5.41, 5.74) is 3.16. The van der Waals surface area contributed by atoms with Gasteiger partial charge in [-0.05, 0) is 42.5 Å². The highest BCUT2D eigenvalue weighted by Crippen LogP contribution is 2.18. The molecule has 0 aromatic heterocycles. The third-order valence-electron chi connectivity index (χ3n) is 4.91. The Morgan fingerprint density at radius 2 is 1.81 bits per heavy atom. The third-order valence-corrected chi connectivity index (χ3v) is 5.90. The van der Waals surface area contributed by atoms with Crippen molar-refractivity contribution in [2.45, 2.75) is 52.5 Å². The van der Waals surface area contributed by atoms with E-state index in [2.05, 4.69) is 17.4 Å². The van der Waals surface area contributed by atoms with Crippen molar-refractivity contribution < 1.29 is 14.0 Å². The predicted octanol–water partition coefficient (Wildman–Crippen LogP) is 4.95. The molecule has 0 aliphatic carbocycles. The fourth-order valence-electron chi connectivity index (χ4n) is 3.27. The molecule has 0 unspecified atom stereocenters. The zero-order chi connectivity index (χ0) is 22.8. The third kappa shape index (κ3) is 8.37. The van der Waals surface area contributed by atoms with Gasteiger partial charge in [-0.1, -0.05) is 62.7 Å². The van der Waals surface area contributed by atoms with Crippen LogP contribution in [0.1, 0.15) is 43.9 Å². The van der Waals surface area contributed by atoms with Crippen LogP contribution in [-0.4, -0.2) is 35.1 Å². The van der Waals surface area contributed by atoms with Crippen LogP contribution in [0.2, 0.25) is 0 Å². The van der Waals surface area contributed by atoms with Gasteiger partial charge >= 0.3 is 0 Å². The van der Waals surface area contributed by atoms with E-state index in [1.807, 2.05) is 39.8 Å². The highest BCUT2D eigenvalue weighted by atomic mass is 32.2. The number of hydrogen-bond acceptors (Lipinski definition) is 3. The van der Waals surface area contributed by atoms with Gasteiger partial charge in [-0.2, -0.15) is 0 Å². The van der Waals surface area contributed by atoms with Crippen LogP contribution in [0.25, 0.3) is 0 Å². The van der Waals surface area contributed by atoms with Gasteiger partial charge in [0.05, 0.1) is 5.75 Å². The number of carbonyl (C=O) groups excluding carboxylic acids is 2. The quantitative estimate of drug-likeness (QED) is 0.534. The van der Waals surface area contributed by atoms with Crippen molar-refractivity contribution in [2.75, 3.05) is 12.3 Å². The van der Waals surface area contributed by atoms with Crippen LogP contribution < -0.4 is 5.32 Å². The normalized spacial score (nSPS) is 11.9. The Balaban J connectivity index is 2.11. The average Bonchev–Trinajstić information content (AvgIpc) is 2.73. The summed E-state index contributed by atoms with van der Waals surface area (Å²) in [6.45, 7) is 8.86. The Morgan fingerprint density at radius 3 is 2.42 bits per heavy atom. The van der Waals surface area contributed by atoms with E-state index >= 15 is 0 Å². The molecule has 0 aliphatic heterocycles. The fourth-order valence-corrected chi connectivity index (χ4v) is 4.13. The van der Waals surface area contributed by atoms with E-state index in [9.17, 15) is 14.0 Å². The van der Waals surface area contributed by atoms with Gasteiger partial charge < -0.3 is 10.2 Å². The number of thioether (sulfide) groups is 1. The molecule has 0 saturated heterocycles. The molecule has 168 valence electrons. The minimum Gasteiger partial charge on any atom is -0.354 e. The van der Waals surface area contributed by atoms with Gasteiger partial charge in [-0.3, -0.25) is 9.59 Å². The minimum absolute atomic E-state index is 0.0893. The molecule has 0 heterocycles. The summed E-state index contributed by atoms with van der Waals surface area (Å²) >= 11 is 1.54. The average molecular weight is 445 g/mol. The van der Waals surface area contributed by atoms with Crippen LogP contribution in [0.15, 0.2) is 48.5 Å². The Kier molecular flexibility index (Phi) is 10.0. The van der Waals surface area contributed by atoms with Crippen molar-refractivity contribution >= 4 is 23.6 Å². The Bertz CT molecular complexity index is 855. The number of nitrogens with zero attached hydrogens (tertiary/aromatic N) is 1. The molecule has 1 N–H and O–H groups in total. The van der Waals surface area contributed by atoms with Crippen LogP contribution in [0.3, 0.4) is 0 Å². The molecule has 2 aromatic rings. The van der Waals surface area contributed by atoms with Gasteiger partial charge in [0.15, 0.2) is 0 Å². The monoisotopic (exact) mass is 444 g/mol. The van der Waals surface area contributed by atoms with E-state index in [1.165, 1.54) is 35.0 Å². The van der Waals surface area contributed by atoms with E-state index in [0.29, 0.717) is 18.9 Å². The molecule has 31 heavy (non-hydrogen) atoms. The van der Waals surface area contributed by atoms with Crippen LogP contribution >= 0.6 is 11.8 Å². The summed E-state index contributed by atoms with van der Waals surface area (Å²) in [7, 11) is 0. The van der Waals surface area contributed by atoms with Crippen LogP contribution in [-0.2, 0) is 21.9 Å². The second-order valence-corrected chi connectivity index (χ2v) is 9.18. The second kappa shape index (κ2) is 12.5.